The van der Waals surface area contributed by atoms with Gasteiger partial charge in [0.05, 0.1) is 78.8 Å². The first-order valence-electron chi connectivity index (χ1n) is 47.0. The van der Waals surface area contributed by atoms with Gasteiger partial charge in [-0.05, 0) is 6.92 Å². The molecular weight excluding hydrogens is 2010 g/mol. The second-order valence-corrected chi connectivity index (χ2v) is 37.3. The molecule has 12 aliphatic heterocycles. The predicted octanol–water partition coefficient (Wildman–Crippen LogP) is -25.4. The van der Waals surface area contributed by atoms with E-state index < -0.39 is 470 Å². The van der Waals surface area contributed by atoms with Crippen molar-refractivity contribution in [3.05, 3.63) is 0 Å². The lowest BCUT2D eigenvalue weighted by molar-refractivity contribution is -0.401. The van der Waals surface area contributed by atoms with Gasteiger partial charge in [-0.25, -0.2) is 0 Å². The van der Waals surface area contributed by atoms with Crippen LogP contribution in [0.15, 0.2) is 0 Å². The summed E-state index contributed by atoms with van der Waals surface area (Å²) >= 11 is 0. The highest BCUT2D eigenvalue weighted by Crippen LogP contribution is 2.43. The molecule has 147 heavy (non-hydrogen) atoms. The monoisotopic (exact) mass is 2150 g/mol. The van der Waals surface area contributed by atoms with E-state index in [9.17, 15) is 187 Å². The molecule has 0 aromatic heterocycles. The molecule has 12 saturated heterocycles. The Bertz CT molecular complexity index is 4110. The summed E-state index contributed by atoms with van der Waals surface area (Å²) in [5, 5.41) is 374. The van der Waals surface area contributed by atoms with Crippen LogP contribution in [0, 0.1) is 0 Å². The standard InChI is InChI=1S/C82H137N5O60/c1-18-40(103)51(114)56(119)76(126-18)143-66-39(87-23(6)102)75(136-33(16-97)65(66)142-79-59(122)67(45(108)28(11-92)130-79)144-73-37(85-21(4)100)49(112)62(30(13-94)134-73)139-77-57(120)52(115)41(104)24(7-88)128-77)146-69-54(117)43(106)26(9-90)131-81(69)125-17-34-46(109)68(60(123)80(137-34)141-64-32(15-96)133-72(36(48(64)111)84-20(3)99)138-61-29(12-93)127-71(124)35(47(61)110)83-19(2)98)145-82-70(55(118)44(107)27(10-91)132-82)147-74-38(86-22(5)101)50(113)63(31(14-95)135-74)140-78-58(121)53(116)42(105)25(8-89)129-78/h18,24-82,88-97,103-124H,7-17H2,1-6H3,(H,83,98)(H,84,99)(H,85,100)(H,86,101)(H,87,102)/t18-,24+,25+,26+,27+,28+,29+,30+,31+,32+,33+,34+,35+,36+,37+,38+,39+,40+,41-,42-,43+,44+,45-,46+,47+,48+,49+,50+,51+,52-,53-,54-,55-,56-,57+,58+,59+,60-,61+,62+,63+,64+,65+,66+,67-,68-,69-,70-,71?,72-,73-,74-,75-,76-,77-,78-,79-,80-,81-,82+/m0/s1. The Morgan fingerprint density at radius 1 is 0.190 bits per heavy atom. The summed E-state index contributed by atoms with van der Waals surface area (Å²) in [5.41, 5.74) is 0. The van der Waals surface area contributed by atoms with E-state index in [1.165, 1.54) is 6.92 Å². The van der Waals surface area contributed by atoms with Crippen LogP contribution < -0.4 is 26.6 Å². The molecule has 1 unspecified atom stereocenters. The lowest BCUT2D eigenvalue weighted by Gasteiger charge is -2.52. The van der Waals surface area contributed by atoms with Gasteiger partial charge in [0, 0.05) is 34.6 Å². The minimum absolute atomic E-state index is 0.827. The molecule has 0 bridgehead atoms. The molecule has 0 aromatic rings. The molecule has 65 nitrogen and oxygen atoms in total. The number of carbonyl (C=O) groups is 5. The molecule has 37 N–H and O–H groups in total. The highest BCUT2D eigenvalue weighted by molar-refractivity contribution is 5.75. The van der Waals surface area contributed by atoms with Gasteiger partial charge in [0.2, 0.25) is 29.5 Å². The lowest BCUT2D eigenvalue weighted by Crippen LogP contribution is -2.71. The van der Waals surface area contributed by atoms with Crippen molar-refractivity contribution in [1.29, 1.82) is 0 Å². The fourth-order valence-corrected chi connectivity index (χ4v) is 19.2. The summed E-state index contributed by atoms with van der Waals surface area (Å²) in [6.07, 6.45) is -119. The maximum atomic E-state index is 13.9. The third-order valence-electron chi connectivity index (χ3n) is 27.1. The SMILES string of the molecule is CC(=O)N[C@H]1[C@H](O[C@H]2[C@H](O)[C@@H](NC(C)=O)C(O)O[C@@H]2CO)O[C@H](CO)[C@@H](O[C@@H]2O[C@H](CO[C@H]3O[C@H](CO)[C@@H](O)[C@H](O)[C@@H]3O[C@@H]3O[C@H](CO)[C@@H](O[C@@H]4O[C@H](CO)[C@H](O)[C@H](O[C@@H]5O[C@H](CO)[C@@H](O[C@@H]6O[C@H](CO)[C@H](O)[C@H](O)[C@H]6O)[C@H](O)[C@H]5NC(C)=O)[C@H]4O)[C@H](O[C@@H]4O[C@@H](C)[C@@H](O)[C@@H](O)[C@@H]4O)[C@H]3NC(C)=O)[C@@H](O)[C@H](O[C@H]3O[C@H](CO)[C@@H](O)[C@H](O)[C@@H]3O[C@@H]3O[C@H](CO)[C@@H](O[C@@H]4O[C@H](CO)[C@H](O)[C@H](O)[C@H]4O)[C@H](O)[C@H]3NC(C)=O)[C@@H]2O)[C@@H]1O. The van der Waals surface area contributed by atoms with Gasteiger partial charge in [0.1, 0.15) is 287 Å². The van der Waals surface area contributed by atoms with E-state index in [0.717, 1.165) is 34.6 Å². The molecule has 12 aliphatic rings. The van der Waals surface area contributed by atoms with Crippen LogP contribution in [0.1, 0.15) is 41.5 Å². The van der Waals surface area contributed by atoms with E-state index in [-0.39, 0.29) is 0 Å². The smallest absolute Gasteiger partial charge is 0.217 e. The van der Waals surface area contributed by atoms with Crippen molar-refractivity contribution in [1.82, 2.24) is 26.6 Å². The van der Waals surface area contributed by atoms with Gasteiger partial charge < -0.3 is 299 Å². The van der Waals surface area contributed by atoms with Gasteiger partial charge in [-0.2, -0.15) is 0 Å². The third-order valence-corrected chi connectivity index (χ3v) is 27.1. The molecule has 0 radical (unpaired) electrons. The number of aliphatic hydroxyl groups is 32. The largest absolute Gasteiger partial charge is 0.394 e. The Morgan fingerprint density at radius 2 is 0.422 bits per heavy atom. The van der Waals surface area contributed by atoms with E-state index in [1.54, 1.807) is 0 Å². The normalized spacial score (nSPS) is 49.6. The van der Waals surface area contributed by atoms with E-state index in [1.807, 2.05) is 0 Å². The molecule has 0 saturated carbocycles. The van der Waals surface area contributed by atoms with Crippen molar-refractivity contribution in [3.8, 4) is 0 Å². The highest BCUT2D eigenvalue weighted by atomic mass is 16.8. The molecule has 65 heteroatoms. The van der Waals surface area contributed by atoms with Gasteiger partial charge >= 0.3 is 0 Å². The number of amides is 5. The molecule has 0 aromatic carbocycles. The summed E-state index contributed by atoms with van der Waals surface area (Å²) in [6, 6.07) is -9.87. The Kier molecular flexibility index (Phi) is 43.4. The third kappa shape index (κ3) is 26.7. The van der Waals surface area contributed by atoms with Crippen LogP contribution in [0.25, 0.3) is 0 Å². The first kappa shape index (κ1) is 121. The maximum absolute atomic E-state index is 13.9. The fraction of sp³-hybridized carbons (Fsp3) is 0.939. The Hall–Kier alpha value is -4.85. The van der Waals surface area contributed by atoms with Crippen LogP contribution in [0.4, 0.5) is 0 Å². The Labute approximate surface area is 832 Å². The van der Waals surface area contributed by atoms with Crippen LogP contribution in [0.3, 0.4) is 0 Å². The average Bonchev–Trinajstić information content (AvgIpc) is 0.756. The van der Waals surface area contributed by atoms with E-state index >= 15 is 0 Å². The molecular formula is C82H137N5O60. The minimum Gasteiger partial charge on any atom is -0.394 e. The molecule has 850 valence electrons. The molecule has 12 fully saturated rings. The maximum Gasteiger partial charge on any atom is 0.217 e. The second-order valence-electron chi connectivity index (χ2n) is 37.3. The number of ether oxygens (including phenoxy) is 23. The molecule has 0 spiro atoms. The van der Waals surface area contributed by atoms with Crippen molar-refractivity contribution >= 4 is 29.5 Å². The number of carbonyl (C=O) groups excluding carboxylic acids is 5. The lowest BCUT2D eigenvalue weighted by atomic mass is 9.93. The zero-order chi connectivity index (χ0) is 108. The van der Waals surface area contributed by atoms with Crippen molar-refractivity contribution < 1.29 is 296 Å². The molecule has 0 aliphatic carbocycles. The van der Waals surface area contributed by atoms with Crippen molar-refractivity contribution in [2.45, 2.75) is 410 Å². The number of aliphatic hydroxyl groups excluding tert-OH is 32. The number of rotatable bonds is 38. The van der Waals surface area contributed by atoms with Crippen molar-refractivity contribution in [2.24, 2.45) is 0 Å². The van der Waals surface area contributed by atoms with E-state index in [0.29, 0.717) is 0 Å². The highest BCUT2D eigenvalue weighted by Gasteiger charge is 2.64. The quantitative estimate of drug-likeness (QED) is 0.0273. The van der Waals surface area contributed by atoms with Crippen molar-refractivity contribution in [2.75, 3.05) is 72.7 Å². The zero-order valence-corrected chi connectivity index (χ0v) is 79.2. The van der Waals surface area contributed by atoms with Crippen LogP contribution in [-0.4, -0.2) is 634 Å². The first-order valence-corrected chi connectivity index (χ1v) is 47.0. The van der Waals surface area contributed by atoms with Gasteiger partial charge in [0.15, 0.2) is 75.5 Å². The van der Waals surface area contributed by atoms with Crippen LogP contribution >= 0.6 is 0 Å². The van der Waals surface area contributed by atoms with E-state index in [4.69, 9.17) is 109 Å². The second kappa shape index (κ2) is 52.8. The van der Waals surface area contributed by atoms with Crippen LogP contribution in [0.2, 0.25) is 0 Å². The number of hydrogen-bond donors (Lipinski definition) is 37. The van der Waals surface area contributed by atoms with Crippen LogP contribution in [0.5, 0.6) is 0 Å². The average molecular weight is 2150 g/mol. The van der Waals surface area contributed by atoms with Gasteiger partial charge in [0.25, 0.3) is 0 Å². The minimum atomic E-state index is -2.69. The van der Waals surface area contributed by atoms with Gasteiger partial charge in [-0.1, -0.05) is 0 Å². The number of hydrogen-bond acceptors (Lipinski definition) is 60. The van der Waals surface area contributed by atoms with Gasteiger partial charge in [-0.15, -0.1) is 0 Å². The van der Waals surface area contributed by atoms with E-state index in [2.05, 4.69) is 26.6 Å². The van der Waals surface area contributed by atoms with Crippen LogP contribution in [-0.2, 0) is 133 Å². The van der Waals surface area contributed by atoms with Gasteiger partial charge in [-0.3, -0.25) is 24.0 Å². The molecule has 12 heterocycles. The summed E-state index contributed by atoms with van der Waals surface area (Å²) < 4.78 is 139. The van der Waals surface area contributed by atoms with Crippen molar-refractivity contribution in [3.63, 3.8) is 0 Å². The fourth-order valence-electron chi connectivity index (χ4n) is 19.2. The summed E-state index contributed by atoms with van der Waals surface area (Å²) in [7, 11) is 0. The Balaban J connectivity index is 0.879. The number of nitrogens with one attached hydrogen (secondary N) is 5. The topological polar surface area (TPSA) is 1010 Å². The predicted molar refractivity (Wildman–Crippen MR) is 452 cm³/mol. The zero-order valence-electron chi connectivity index (χ0n) is 79.2. The molecule has 5 amide bonds. The summed E-state index contributed by atoms with van der Waals surface area (Å²) in [4.78, 5) is 65.4. The summed E-state index contributed by atoms with van der Waals surface area (Å²) in [6.45, 7) is -7.28. The molecule has 12 rings (SSSR count). The molecule has 60 atom stereocenters. The first-order chi connectivity index (χ1) is 69.6. The summed E-state index contributed by atoms with van der Waals surface area (Å²) in [5.74, 6) is -4.89. The Morgan fingerprint density at radius 3 is 0.796 bits per heavy atom.